The standard InChI is InChI=1S/C10H10N4O3/c1-6-13-9(14-17-6)5-11-7-2-3-8(10(15)16)12-4-7/h2-4,11H,5H2,1H3,(H,15,16). The summed E-state index contributed by atoms with van der Waals surface area (Å²) in [6.45, 7) is 2.10. The summed E-state index contributed by atoms with van der Waals surface area (Å²) >= 11 is 0. The zero-order valence-electron chi connectivity index (χ0n) is 9.04. The van der Waals surface area contributed by atoms with Gasteiger partial charge in [-0.05, 0) is 12.1 Å². The molecule has 0 spiro atoms. The van der Waals surface area contributed by atoms with Crippen LogP contribution in [0.1, 0.15) is 22.2 Å². The average molecular weight is 234 g/mol. The van der Waals surface area contributed by atoms with E-state index in [0.717, 1.165) is 0 Å². The molecule has 0 atom stereocenters. The first-order valence-corrected chi connectivity index (χ1v) is 4.87. The topological polar surface area (TPSA) is 101 Å². The molecule has 0 bridgehead atoms. The first-order valence-electron chi connectivity index (χ1n) is 4.87. The van der Waals surface area contributed by atoms with Crippen molar-refractivity contribution in [3.05, 3.63) is 35.7 Å². The maximum absolute atomic E-state index is 10.6. The van der Waals surface area contributed by atoms with Crippen molar-refractivity contribution in [2.75, 3.05) is 5.32 Å². The lowest BCUT2D eigenvalue weighted by Crippen LogP contribution is -2.04. The number of anilines is 1. The van der Waals surface area contributed by atoms with Crippen LogP contribution in [-0.2, 0) is 6.54 Å². The fourth-order valence-electron chi connectivity index (χ4n) is 1.22. The molecule has 2 aromatic heterocycles. The number of nitrogens with zero attached hydrogens (tertiary/aromatic N) is 3. The second kappa shape index (κ2) is 4.60. The third-order valence-electron chi connectivity index (χ3n) is 2.00. The van der Waals surface area contributed by atoms with Gasteiger partial charge in [0.05, 0.1) is 18.4 Å². The van der Waals surface area contributed by atoms with E-state index in [4.69, 9.17) is 9.63 Å². The van der Waals surface area contributed by atoms with Gasteiger partial charge in [-0.15, -0.1) is 0 Å². The number of hydrogen-bond donors (Lipinski definition) is 2. The molecule has 0 saturated carbocycles. The molecule has 2 heterocycles. The summed E-state index contributed by atoms with van der Waals surface area (Å²) in [5.74, 6) is -0.0173. The minimum atomic E-state index is -1.05. The van der Waals surface area contributed by atoms with E-state index < -0.39 is 5.97 Å². The van der Waals surface area contributed by atoms with Crippen molar-refractivity contribution < 1.29 is 14.4 Å². The molecule has 17 heavy (non-hydrogen) atoms. The van der Waals surface area contributed by atoms with Gasteiger partial charge < -0.3 is 14.9 Å². The Labute approximate surface area is 96.5 Å². The van der Waals surface area contributed by atoms with Gasteiger partial charge in [-0.1, -0.05) is 5.16 Å². The fourth-order valence-corrected chi connectivity index (χ4v) is 1.22. The summed E-state index contributed by atoms with van der Waals surface area (Å²) in [7, 11) is 0. The van der Waals surface area contributed by atoms with Crippen molar-refractivity contribution in [2.45, 2.75) is 13.5 Å². The van der Waals surface area contributed by atoms with Gasteiger partial charge in [-0.2, -0.15) is 4.98 Å². The molecule has 0 aromatic carbocycles. The van der Waals surface area contributed by atoms with E-state index in [2.05, 4.69) is 20.4 Å². The summed E-state index contributed by atoms with van der Waals surface area (Å²) in [6, 6.07) is 3.05. The van der Waals surface area contributed by atoms with Gasteiger partial charge in [-0.3, -0.25) is 0 Å². The lowest BCUT2D eigenvalue weighted by molar-refractivity contribution is 0.0690. The Hall–Kier alpha value is -2.44. The van der Waals surface area contributed by atoms with Crippen molar-refractivity contribution in [1.82, 2.24) is 15.1 Å². The molecular weight excluding hydrogens is 224 g/mol. The molecule has 2 aromatic rings. The molecule has 0 aliphatic rings. The molecular formula is C10H10N4O3. The van der Waals surface area contributed by atoms with Crippen LogP contribution in [0.2, 0.25) is 0 Å². The highest BCUT2D eigenvalue weighted by Crippen LogP contribution is 2.07. The Morgan fingerprint density at radius 1 is 1.53 bits per heavy atom. The van der Waals surface area contributed by atoms with E-state index in [0.29, 0.717) is 23.9 Å². The third-order valence-corrected chi connectivity index (χ3v) is 2.00. The van der Waals surface area contributed by atoms with Crippen molar-refractivity contribution in [2.24, 2.45) is 0 Å². The number of carboxylic acids is 1. The van der Waals surface area contributed by atoms with E-state index in [1.54, 1.807) is 13.0 Å². The number of carboxylic acid groups (broad SMARTS) is 1. The number of aromatic carboxylic acids is 1. The lowest BCUT2D eigenvalue weighted by atomic mass is 10.3. The van der Waals surface area contributed by atoms with Crippen molar-refractivity contribution in [1.29, 1.82) is 0 Å². The van der Waals surface area contributed by atoms with Gasteiger partial charge >= 0.3 is 5.97 Å². The molecule has 0 fully saturated rings. The molecule has 0 radical (unpaired) electrons. The highest BCUT2D eigenvalue weighted by Gasteiger charge is 2.04. The summed E-state index contributed by atoms with van der Waals surface area (Å²) in [5, 5.41) is 15.4. The van der Waals surface area contributed by atoms with Gasteiger partial charge in [0.15, 0.2) is 5.82 Å². The maximum Gasteiger partial charge on any atom is 0.354 e. The molecule has 88 valence electrons. The second-order valence-electron chi connectivity index (χ2n) is 3.32. The predicted molar refractivity (Wildman–Crippen MR) is 57.6 cm³/mol. The van der Waals surface area contributed by atoms with Crippen LogP contribution in [0.3, 0.4) is 0 Å². The van der Waals surface area contributed by atoms with Crippen LogP contribution in [0.4, 0.5) is 5.69 Å². The van der Waals surface area contributed by atoms with Crippen LogP contribution in [-0.4, -0.2) is 26.2 Å². The van der Waals surface area contributed by atoms with Crippen molar-refractivity contribution >= 4 is 11.7 Å². The quantitative estimate of drug-likeness (QED) is 0.816. The first-order chi connectivity index (χ1) is 8.15. The van der Waals surface area contributed by atoms with Crippen LogP contribution < -0.4 is 5.32 Å². The Balaban J connectivity index is 1.97. The Bertz CT molecular complexity index is 521. The molecule has 7 nitrogen and oxygen atoms in total. The average Bonchev–Trinajstić information content (AvgIpc) is 2.73. The van der Waals surface area contributed by atoms with Gasteiger partial charge in [-0.25, -0.2) is 9.78 Å². The second-order valence-corrected chi connectivity index (χ2v) is 3.32. The maximum atomic E-state index is 10.6. The van der Waals surface area contributed by atoms with Crippen LogP contribution >= 0.6 is 0 Å². The lowest BCUT2D eigenvalue weighted by Gasteiger charge is -2.02. The minimum Gasteiger partial charge on any atom is -0.477 e. The monoisotopic (exact) mass is 234 g/mol. The molecule has 0 unspecified atom stereocenters. The summed E-state index contributed by atoms with van der Waals surface area (Å²) in [6.07, 6.45) is 1.44. The summed E-state index contributed by atoms with van der Waals surface area (Å²) in [5.41, 5.74) is 0.698. The predicted octanol–water partition coefficient (Wildman–Crippen LogP) is 1.08. The molecule has 0 saturated heterocycles. The molecule has 0 aliphatic carbocycles. The van der Waals surface area contributed by atoms with E-state index in [-0.39, 0.29) is 5.69 Å². The van der Waals surface area contributed by atoms with Crippen LogP contribution in [0.25, 0.3) is 0 Å². The highest BCUT2D eigenvalue weighted by atomic mass is 16.5. The number of aryl methyl sites for hydroxylation is 1. The number of pyridine rings is 1. The van der Waals surface area contributed by atoms with Crippen LogP contribution in [0.15, 0.2) is 22.9 Å². The molecule has 2 rings (SSSR count). The largest absolute Gasteiger partial charge is 0.477 e. The van der Waals surface area contributed by atoms with Crippen molar-refractivity contribution in [3.63, 3.8) is 0 Å². The molecule has 0 amide bonds. The van der Waals surface area contributed by atoms with E-state index in [1.807, 2.05) is 0 Å². The van der Waals surface area contributed by atoms with E-state index in [9.17, 15) is 4.79 Å². The number of nitrogens with one attached hydrogen (secondary N) is 1. The molecule has 2 N–H and O–H groups in total. The van der Waals surface area contributed by atoms with E-state index in [1.165, 1.54) is 12.3 Å². The van der Waals surface area contributed by atoms with E-state index >= 15 is 0 Å². The third kappa shape index (κ3) is 2.77. The van der Waals surface area contributed by atoms with Gasteiger partial charge in [0.25, 0.3) is 0 Å². The molecule has 7 heteroatoms. The van der Waals surface area contributed by atoms with Gasteiger partial charge in [0, 0.05) is 6.92 Å². The van der Waals surface area contributed by atoms with Crippen LogP contribution in [0.5, 0.6) is 0 Å². The Morgan fingerprint density at radius 2 is 2.35 bits per heavy atom. The smallest absolute Gasteiger partial charge is 0.354 e. The zero-order chi connectivity index (χ0) is 12.3. The number of hydrogen-bond acceptors (Lipinski definition) is 6. The minimum absolute atomic E-state index is 0.00551. The fraction of sp³-hybridized carbons (Fsp3) is 0.200. The SMILES string of the molecule is Cc1nc(CNc2ccc(C(=O)O)nc2)no1. The number of aromatic nitrogens is 3. The summed E-state index contributed by atoms with van der Waals surface area (Å²) in [4.78, 5) is 18.4. The number of rotatable bonds is 4. The van der Waals surface area contributed by atoms with Crippen molar-refractivity contribution in [3.8, 4) is 0 Å². The number of carbonyl (C=O) groups is 1. The Kier molecular flexibility index (Phi) is 2.99. The van der Waals surface area contributed by atoms with Gasteiger partial charge in [0.1, 0.15) is 5.69 Å². The van der Waals surface area contributed by atoms with Gasteiger partial charge in [0.2, 0.25) is 5.89 Å². The highest BCUT2D eigenvalue weighted by molar-refractivity contribution is 5.85. The molecule has 0 aliphatic heterocycles. The summed E-state index contributed by atoms with van der Waals surface area (Å²) < 4.78 is 4.81. The zero-order valence-corrected chi connectivity index (χ0v) is 9.04. The first kappa shape index (κ1) is 11.1. The normalized spacial score (nSPS) is 10.2. The Morgan fingerprint density at radius 3 is 2.88 bits per heavy atom. The van der Waals surface area contributed by atoms with Crippen LogP contribution in [0, 0.1) is 6.92 Å².